The molecular weight excluding hydrogens is 388 g/mol. The fourth-order valence-electron chi connectivity index (χ4n) is 8.12. The summed E-state index contributed by atoms with van der Waals surface area (Å²) in [6, 6.07) is 0. The number of rotatable bonds is 2. The molecule has 2 saturated carbocycles. The van der Waals surface area contributed by atoms with E-state index in [4.69, 9.17) is 0 Å². The molecule has 3 aliphatic carbocycles. The predicted molar refractivity (Wildman–Crippen MR) is 119 cm³/mol. The van der Waals surface area contributed by atoms with E-state index in [1.165, 1.54) is 11.3 Å². The van der Waals surface area contributed by atoms with E-state index in [2.05, 4.69) is 36.1 Å². The largest absolute Gasteiger partial charge is 0.319 e. The van der Waals surface area contributed by atoms with Crippen molar-refractivity contribution >= 4 is 17.6 Å². The Morgan fingerprint density at radius 1 is 1.16 bits per heavy atom. The standard InChI is InChI=1S/C25H34N4O2/c1-15-13-16-17-5-6-19(23(31)28-20-14-26-11-12-27-20)24(17,2)9-7-18(16)25(3)10-8-21(30)29(4)22(15)25/h11-12,14,16-19H,5-10,13H2,1-4H3,(H,27,28,31)/t16-,17-,18-,19+,24-,25+/m0/s1. The number of nitrogens with zero attached hydrogens (tertiary/aromatic N) is 3. The van der Waals surface area contributed by atoms with Gasteiger partial charge in [0, 0.05) is 42.9 Å². The van der Waals surface area contributed by atoms with Gasteiger partial charge >= 0.3 is 0 Å². The molecule has 2 amide bonds. The van der Waals surface area contributed by atoms with Crippen LogP contribution in [0.4, 0.5) is 5.82 Å². The highest BCUT2D eigenvalue weighted by atomic mass is 16.2. The summed E-state index contributed by atoms with van der Waals surface area (Å²) in [7, 11) is 1.97. The van der Waals surface area contributed by atoms with Crippen LogP contribution in [0.25, 0.3) is 0 Å². The highest BCUT2D eigenvalue weighted by Gasteiger charge is 2.61. The molecule has 1 saturated heterocycles. The van der Waals surface area contributed by atoms with Gasteiger partial charge < -0.3 is 10.2 Å². The van der Waals surface area contributed by atoms with Gasteiger partial charge in [0.05, 0.1) is 6.20 Å². The number of piperidine rings is 1. The first-order chi connectivity index (χ1) is 14.8. The van der Waals surface area contributed by atoms with Crippen LogP contribution in [0.1, 0.15) is 65.7 Å². The van der Waals surface area contributed by atoms with Gasteiger partial charge in [-0.25, -0.2) is 4.98 Å². The fourth-order valence-corrected chi connectivity index (χ4v) is 8.12. The average Bonchev–Trinajstić information content (AvgIpc) is 3.09. The summed E-state index contributed by atoms with van der Waals surface area (Å²) in [5.74, 6) is 2.67. The Labute approximate surface area is 184 Å². The molecule has 1 aromatic rings. The van der Waals surface area contributed by atoms with Crippen LogP contribution in [0.15, 0.2) is 29.9 Å². The quantitative estimate of drug-likeness (QED) is 0.766. The van der Waals surface area contributed by atoms with Gasteiger partial charge in [0.1, 0.15) is 0 Å². The van der Waals surface area contributed by atoms with Gasteiger partial charge in [-0.1, -0.05) is 19.4 Å². The Bertz CT molecular complexity index is 944. The molecule has 3 fully saturated rings. The van der Waals surface area contributed by atoms with E-state index in [1.807, 2.05) is 11.9 Å². The lowest BCUT2D eigenvalue weighted by Gasteiger charge is -2.59. The summed E-state index contributed by atoms with van der Waals surface area (Å²) in [6.45, 7) is 6.99. The second kappa shape index (κ2) is 7.14. The SMILES string of the molecule is CC1=C2N(C)C(=O)CC[C@]2(C)[C@H]2CC[C@]3(C)[C@@H](C(=O)Nc4cnccn4)CC[C@H]3[C@@H]2C1. The molecule has 1 aliphatic heterocycles. The molecular formula is C25H34N4O2. The number of allylic oxidation sites excluding steroid dienone is 2. The minimum absolute atomic E-state index is 0.0227. The minimum atomic E-state index is 0.0227. The molecule has 6 heteroatoms. The molecule has 166 valence electrons. The summed E-state index contributed by atoms with van der Waals surface area (Å²) < 4.78 is 0. The average molecular weight is 423 g/mol. The third-order valence-corrected chi connectivity index (χ3v) is 9.44. The third kappa shape index (κ3) is 2.97. The molecule has 0 bridgehead atoms. The first-order valence-electron chi connectivity index (χ1n) is 11.8. The number of fused-ring (bicyclic) bond motifs is 5. The van der Waals surface area contributed by atoms with Crippen molar-refractivity contribution in [3.63, 3.8) is 0 Å². The molecule has 31 heavy (non-hydrogen) atoms. The van der Waals surface area contributed by atoms with Gasteiger partial charge in [-0.05, 0) is 68.6 Å². The predicted octanol–water partition coefficient (Wildman–Crippen LogP) is 4.41. The number of hydrogen-bond donors (Lipinski definition) is 1. The maximum absolute atomic E-state index is 13.2. The van der Waals surface area contributed by atoms with E-state index in [0.717, 1.165) is 38.5 Å². The van der Waals surface area contributed by atoms with Crippen LogP contribution >= 0.6 is 0 Å². The highest BCUT2D eigenvalue weighted by Crippen LogP contribution is 2.66. The molecule has 6 atom stereocenters. The van der Waals surface area contributed by atoms with Gasteiger partial charge in [-0.3, -0.25) is 14.6 Å². The lowest BCUT2D eigenvalue weighted by atomic mass is 9.48. The van der Waals surface area contributed by atoms with Crippen LogP contribution in [-0.4, -0.2) is 33.7 Å². The van der Waals surface area contributed by atoms with Gasteiger partial charge in [-0.15, -0.1) is 0 Å². The number of aromatic nitrogens is 2. The van der Waals surface area contributed by atoms with Crippen molar-refractivity contribution in [3.05, 3.63) is 29.9 Å². The number of nitrogens with one attached hydrogen (secondary N) is 1. The van der Waals surface area contributed by atoms with Gasteiger partial charge in [-0.2, -0.15) is 0 Å². The number of hydrogen-bond acceptors (Lipinski definition) is 4. The molecule has 0 unspecified atom stereocenters. The monoisotopic (exact) mass is 422 g/mol. The zero-order valence-corrected chi connectivity index (χ0v) is 19.1. The zero-order valence-electron chi connectivity index (χ0n) is 19.1. The van der Waals surface area contributed by atoms with E-state index >= 15 is 0 Å². The molecule has 6 nitrogen and oxygen atoms in total. The smallest absolute Gasteiger partial charge is 0.229 e. The van der Waals surface area contributed by atoms with Crippen molar-refractivity contribution in [3.8, 4) is 0 Å². The molecule has 1 aromatic heterocycles. The summed E-state index contributed by atoms with van der Waals surface area (Å²) >= 11 is 0. The van der Waals surface area contributed by atoms with Crippen molar-refractivity contribution in [2.24, 2.45) is 34.5 Å². The van der Waals surface area contributed by atoms with Gasteiger partial charge in [0.25, 0.3) is 0 Å². The van der Waals surface area contributed by atoms with Crippen molar-refractivity contribution in [1.29, 1.82) is 0 Å². The topological polar surface area (TPSA) is 75.2 Å². The molecule has 5 rings (SSSR count). The Kier molecular flexibility index (Phi) is 4.76. The third-order valence-electron chi connectivity index (χ3n) is 9.44. The first kappa shape index (κ1) is 20.7. The minimum Gasteiger partial charge on any atom is -0.319 e. The first-order valence-corrected chi connectivity index (χ1v) is 11.8. The van der Waals surface area contributed by atoms with E-state index in [1.54, 1.807) is 18.6 Å². The Balaban J connectivity index is 1.43. The Morgan fingerprint density at radius 3 is 2.71 bits per heavy atom. The van der Waals surface area contributed by atoms with Crippen LogP contribution in [-0.2, 0) is 9.59 Å². The Hall–Kier alpha value is -2.24. The van der Waals surface area contributed by atoms with E-state index in [9.17, 15) is 9.59 Å². The summed E-state index contributed by atoms with van der Waals surface area (Å²) in [4.78, 5) is 35.9. The highest BCUT2D eigenvalue weighted by molar-refractivity contribution is 5.92. The number of amides is 2. The van der Waals surface area contributed by atoms with Crippen LogP contribution in [0.3, 0.4) is 0 Å². The summed E-state index contributed by atoms with van der Waals surface area (Å²) in [5.41, 5.74) is 2.79. The maximum atomic E-state index is 13.2. The molecule has 1 N–H and O–H groups in total. The maximum Gasteiger partial charge on any atom is 0.229 e. The molecule has 0 radical (unpaired) electrons. The number of likely N-dealkylation sites (tertiary alicyclic amines) is 1. The molecule has 0 aromatic carbocycles. The van der Waals surface area contributed by atoms with Gasteiger partial charge in [0.15, 0.2) is 5.82 Å². The lowest BCUT2D eigenvalue weighted by Crippen LogP contribution is -2.54. The van der Waals surface area contributed by atoms with Crippen LogP contribution in [0.2, 0.25) is 0 Å². The molecule has 2 heterocycles. The summed E-state index contributed by atoms with van der Waals surface area (Å²) in [5, 5.41) is 3.02. The summed E-state index contributed by atoms with van der Waals surface area (Å²) in [6.07, 6.45) is 11.8. The van der Waals surface area contributed by atoms with Crippen molar-refractivity contribution in [1.82, 2.24) is 14.9 Å². The van der Waals surface area contributed by atoms with E-state index in [-0.39, 0.29) is 28.6 Å². The van der Waals surface area contributed by atoms with Crippen LogP contribution in [0, 0.1) is 34.5 Å². The van der Waals surface area contributed by atoms with E-state index < -0.39 is 0 Å². The van der Waals surface area contributed by atoms with Crippen molar-refractivity contribution < 1.29 is 9.59 Å². The van der Waals surface area contributed by atoms with E-state index in [0.29, 0.717) is 30.0 Å². The number of carbonyl (C=O) groups is 2. The lowest BCUT2D eigenvalue weighted by molar-refractivity contribution is -0.137. The van der Waals surface area contributed by atoms with Gasteiger partial charge in [0.2, 0.25) is 11.8 Å². The van der Waals surface area contributed by atoms with Crippen LogP contribution in [0.5, 0.6) is 0 Å². The number of carbonyl (C=O) groups excluding carboxylic acids is 2. The second-order valence-electron chi connectivity index (χ2n) is 10.8. The normalized spacial score (nSPS) is 39.6. The zero-order chi connectivity index (χ0) is 22.0. The number of anilines is 1. The van der Waals surface area contributed by atoms with Crippen molar-refractivity contribution in [2.75, 3.05) is 12.4 Å². The Morgan fingerprint density at radius 2 is 1.97 bits per heavy atom. The molecule has 0 spiro atoms. The fraction of sp³-hybridized carbons (Fsp3) is 0.680. The van der Waals surface area contributed by atoms with Crippen molar-refractivity contribution in [2.45, 2.75) is 65.7 Å². The molecule has 4 aliphatic rings. The van der Waals surface area contributed by atoms with Crippen LogP contribution < -0.4 is 5.32 Å². The second-order valence-corrected chi connectivity index (χ2v) is 10.8.